The Morgan fingerprint density at radius 1 is 1.47 bits per heavy atom. The van der Waals surface area contributed by atoms with Crippen molar-refractivity contribution in [3.63, 3.8) is 0 Å². The van der Waals surface area contributed by atoms with Gasteiger partial charge in [-0.3, -0.25) is 4.79 Å². The van der Waals surface area contributed by atoms with Crippen molar-refractivity contribution in [2.75, 3.05) is 18.1 Å². The van der Waals surface area contributed by atoms with Gasteiger partial charge in [0.1, 0.15) is 0 Å². The number of rotatable bonds is 3. The van der Waals surface area contributed by atoms with Gasteiger partial charge in [0.05, 0.1) is 5.56 Å². The number of Topliss-reactive ketones (excluding diaryl/α,β-unsaturated/α-hetero) is 1. The van der Waals surface area contributed by atoms with Crippen LogP contribution >= 0.6 is 11.8 Å². The Balaban J connectivity index is 2.06. The monoisotopic (exact) mass is 257 g/mol. The molecule has 0 amide bonds. The van der Waals surface area contributed by atoms with E-state index < -0.39 is 11.6 Å². The highest BCUT2D eigenvalue weighted by Gasteiger charge is 2.20. The van der Waals surface area contributed by atoms with Crippen molar-refractivity contribution >= 4 is 17.5 Å². The molecule has 1 atom stereocenters. The van der Waals surface area contributed by atoms with Gasteiger partial charge in [0.2, 0.25) is 0 Å². The van der Waals surface area contributed by atoms with Gasteiger partial charge < -0.3 is 5.32 Å². The highest BCUT2D eigenvalue weighted by Crippen LogP contribution is 2.17. The van der Waals surface area contributed by atoms with Crippen LogP contribution in [-0.2, 0) is 0 Å². The smallest absolute Gasteiger partial charge is 0.169 e. The number of benzene rings is 1. The molecule has 2 nitrogen and oxygen atoms in total. The second-order valence-electron chi connectivity index (χ2n) is 3.95. The Labute approximate surface area is 103 Å². The molecule has 1 aliphatic rings. The molecule has 1 aromatic rings. The first-order chi connectivity index (χ1) is 8.18. The lowest BCUT2D eigenvalue weighted by molar-refractivity contribution is 0.0967. The second-order valence-corrected chi connectivity index (χ2v) is 5.10. The molecule has 1 aromatic carbocycles. The van der Waals surface area contributed by atoms with Crippen molar-refractivity contribution in [1.82, 2.24) is 5.32 Å². The van der Waals surface area contributed by atoms with E-state index in [1.54, 1.807) is 11.8 Å². The van der Waals surface area contributed by atoms with Gasteiger partial charge in [0.15, 0.2) is 17.4 Å². The highest BCUT2D eigenvalue weighted by molar-refractivity contribution is 7.99. The van der Waals surface area contributed by atoms with Crippen LogP contribution in [0, 0.1) is 11.6 Å². The van der Waals surface area contributed by atoms with Crippen LogP contribution in [0.4, 0.5) is 8.78 Å². The zero-order chi connectivity index (χ0) is 12.3. The number of hydrogen-bond donors (Lipinski definition) is 1. The Kier molecular flexibility index (Phi) is 4.12. The van der Waals surface area contributed by atoms with E-state index >= 15 is 0 Å². The number of carbonyl (C=O) groups excluding carboxylic acids is 1. The van der Waals surface area contributed by atoms with Crippen LogP contribution in [0.25, 0.3) is 0 Å². The maximum Gasteiger partial charge on any atom is 0.169 e. The molecular formula is C12H13F2NOS. The van der Waals surface area contributed by atoms with Crippen molar-refractivity contribution < 1.29 is 13.6 Å². The van der Waals surface area contributed by atoms with Gasteiger partial charge in [-0.2, -0.15) is 11.8 Å². The Hall–Kier alpha value is -0.940. The summed E-state index contributed by atoms with van der Waals surface area (Å²) in [6.45, 7) is 0.855. The molecule has 1 heterocycles. The van der Waals surface area contributed by atoms with Gasteiger partial charge in [-0.05, 0) is 12.1 Å². The van der Waals surface area contributed by atoms with Gasteiger partial charge in [-0.25, -0.2) is 8.78 Å². The average Bonchev–Trinajstić information content (AvgIpc) is 2.34. The number of carbonyl (C=O) groups is 1. The molecule has 0 saturated carbocycles. The number of hydrogen-bond acceptors (Lipinski definition) is 3. The minimum atomic E-state index is -1.04. The molecule has 17 heavy (non-hydrogen) atoms. The SMILES string of the molecule is O=C(CC1CSCCN1)c1cccc(F)c1F. The molecule has 1 N–H and O–H groups in total. The van der Waals surface area contributed by atoms with Crippen LogP contribution in [0.5, 0.6) is 0 Å². The number of ketones is 1. The predicted octanol–water partition coefficient (Wildman–Crippen LogP) is 2.24. The summed E-state index contributed by atoms with van der Waals surface area (Å²) in [5.74, 6) is -0.494. The van der Waals surface area contributed by atoms with Gasteiger partial charge in [-0.15, -0.1) is 0 Å². The number of thioether (sulfide) groups is 1. The molecule has 0 bridgehead atoms. The van der Waals surface area contributed by atoms with E-state index in [4.69, 9.17) is 0 Å². The fourth-order valence-electron chi connectivity index (χ4n) is 1.80. The lowest BCUT2D eigenvalue weighted by atomic mass is 10.0. The molecule has 0 spiro atoms. The zero-order valence-electron chi connectivity index (χ0n) is 9.21. The topological polar surface area (TPSA) is 29.1 Å². The van der Waals surface area contributed by atoms with Crippen molar-refractivity contribution in [3.8, 4) is 0 Å². The van der Waals surface area contributed by atoms with Crippen LogP contribution in [0.2, 0.25) is 0 Å². The maximum atomic E-state index is 13.4. The first-order valence-electron chi connectivity index (χ1n) is 5.47. The first kappa shape index (κ1) is 12.5. The van der Waals surface area contributed by atoms with E-state index in [2.05, 4.69) is 5.32 Å². The maximum absolute atomic E-state index is 13.4. The minimum Gasteiger partial charge on any atom is -0.312 e. The van der Waals surface area contributed by atoms with Crippen molar-refractivity contribution in [2.24, 2.45) is 0 Å². The van der Waals surface area contributed by atoms with E-state index in [1.807, 2.05) is 0 Å². The van der Waals surface area contributed by atoms with Gasteiger partial charge in [-0.1, -0.05) is 6.07 Å². The number of nitrogens with one attached hydrogen (secondary N) is 1. The standard InChI is InChI=1S/C12H13F2NOS/c13-10-3-1-2-9(12(10)14)11(16)6-8-7-17-5-4-15-8/h1-3,8,15H,4-7H2. The fourth-order valence-corrected chi connectivity index (χ4v) is 2.75. The lowest BCUT2D eigenvalue weighted by Gasteiger charge is -2.22. The van der Waals surface area contributed by atoms with E-state index in [9.17, 15) is 13.6 Å². The summed E-state index contributed by atoms with van der Waals surface area (Å²) < 4.78 is 26.4. The second kappa shape index (κ2) is 5.60. The molecule has 92 valence electrons. The first-order valence-corrected chi connectivity index (χ1v) is 6.62. The Morgan fingerprint density at radius 2 is 2.29 bits per heavy atom. The molecule has 2 rings (SSSR count). The quantitative estimate of drug-likeness (QED) is 0.842. The van der Waals surface area contributed by atoms with Crippen LogP contribution in [0.3, 0.4) is 0 Å². The number of halogens is 2. The van der Waals surface area contributed by atoms with Gasteiger partial charge in [0.25, 0.3) is 0 Å². The molecule has 1 aliphatic heterocycles. The molecule has 0 aromatic heterocycles. The summed E-state index contributed by atoms with van der Waals surface area (Å²) >= 11 is 1.76. The van der Waals surface area contributed by atoms with E-state index in [-0.39, 0.29) is 23.8 Å². The molecular weight excluding hydrogens is 244 g/mol. The van der Waals surface area contributed by atoms with Crippen LogP contribution in [0.15, 0.2) is 18.2 Å². The third-order valence-corrected chi connectivity index (χ3v) is 3.81. The fraction of sp³-hybridized carbons (Fsp3) is 0.417. The van der Waals surface area contributed by atoms with Gasteiger partial charge >= 0.3 is 0 Å². The van der Waals surface area contributed by atoms with Crippen LogP contribution in [-0.4, -0.2) is 29.9 Å². The van der Waals surface area contributed by atoms with Crippen LogP contribution in [0.1, 0.15) is 16.8 Å². The Bertz CT molecular complexity index is 419. The summed E-state index contributed by atoms with van der Waals surface area (Å²) in [5, 5.41) is 3.20. The zero-order valence-corrected chi connectivity index (χ0v) is 10.0. The summed E-state index contributed by atoms with van der Waals surface area (Å²) in [5.41, 5.74) is -0.151. The normalized spacial score (nSPS) is 20.2. The summed E-state index contributed by atoms with van der Waals surface area (Å²) in [6, 6.07) is 3.76. The molecule has 5 heteroatoms. The summed E-state index contributed by atoms with van der Waals surface area (Å²) in [7, 11) is 0. The van der Waals surface area contributed by atoms with Gasteiger partial charge in [0, 0.05) is 30.5 Å². The average molecular weight is 257 g/mol. The van der Waals surface area contributed by atoms with E-state index in [1.165, 1.54) is 12.1 Å². The largest absolute Gasteiger partial charge is 0.312 e. The van der Waals surface area contributed by atoms with Crippen LogP contribution < -0.4 is 5.32 Å². The molecule has 1 unspecified atom stereocenters. The molecule has 1 fully saturated rings. The molecule has 0 aliphatic carbocycles. The van der Waals surface area contributed by atoms with E-state index in [0.29, 0.717) is 0 Å². The predicted molar refractivity (Wildman–Crippen MR) is 64.4 cm³/mol. The van der Waals surface area contributed by atoms with E-state index in [0.717, 1.165) is 24.1 Å². The summed E-state index contributed by atoms with van der Waals surface area (Å²) in [6.07, 6.45) is 0.216. The van der Waals surface area contributed by atoms with Crippen molar-refractivity contribution in [2.45, 2.75) is 12.5 Å². The third kappa shape index (κ3) is 3.04. The lowest BCUT2D eigenvalue weighted by Crippen LogP contribution is -2.39. The highest BCUT2D eigenvalue weighted by atomic mass is 32.2. The molecule has 1 saturated heterocycles. The Morgan fingerprint density at radius 3 is 3.00 bits per heavy atom. The minimum absolute atomic E-state index is 0.0592. The third-order valence-electron chi connectivity index (χ3n) is 2.68. The van der Waals surface area contributed by atoms with Crippen molar-refractivity contribution in [1.29, 1.82) is 0 Å². The summed E-state index contributed by atoms with van der Waals surface area (Å²) in [4.78, 5) is 11.8. The molecule has 0 radical (unpaired) electrons. The van der Waals surface area contributed by atoms with Crippen molar-refractivity contribution in [3.05, 3.63) is 35.4 Å².